The third-order valence-electron chi connectivity index (χ3n) is 17.4. The molecule has 0 bridgehead atoms. The van der Waals surface area contributed by atoms with Crippen LogP contribution in [0.25, 0.3) is 0 Å². The van der Waals surface area contributed by atoms with Crippen molar-refractivity contribution in [2.24, 2.45) is 29.6 Å². The lowest BCUT2D eigenvalue weighted by molar-refractivity contribution is -0.138. The molecule has 80 heavy (non-hydrogen) atoms. The molecule has 0 aromatic carbocycles. The molecule has 468 valence electrons. The van der Waals surface area contributed by atoms with Crippen molar-refractivity contribution >= 4 is 24.4 Å². The van der Waals surface area contributed by atoms with Gasteiger partial charge in [0.25, 0.3) is 6.47 Å². The van der Waals surface area contributed by atoms with Crippen LogP contribution in [0.2, 0.25) is 0 Å². The molecule has 0 heterocycles. The number of carboxylic acids is 3. The van der Waals surface area contributed by atoms with Gasteiger partial charge >= 0.3 is 17.9 Å². The van der Waals surface area contributed by atoms with E-state index in [-0.39, 0.29) is 0 Å². The predicted molar refractivity (Wildman–Crippen MR) is 342 cm³/mol. The number of allylic oxidation sites excluding steroid dienone is 6. The Morgan fingerprint density at radius 3 is 1.27 bits per heavy atom. The van der Waals surface area contributed by atoms with E-state index in [9.17, 15) is 19.2 Å². The minimum Gasteiger partial charge on any atom is -0.481 e. The molecule has 0 aliphatic heterocycles. The Labute approximate surface area is 495 Å². The lowest BCUT2D eigenvalue weighted by atomic mass is 9.66. The Morgan fingerprint density at radius 1 is 0.412 bits per heavy atom. The molecule has 1 aliphatic carbocycles. The van der Waals surface area contributed by atoms with Crippen LogP contribution in [0, 0.1) is 29.6 Å². The number of ether oxygens (including phenoxy) is 1. The van der Waals surface area contributed by atoms with Crippen LogP contribution in [0.1, 0.15) is 362 Å². The number of hydrogen-bond acceptors (Lipinski definition) is 5. The molecule has 0 saturated heterocycles. The smallest absolute Gasteiger partial charge is 0.303 e. The van der Waals surface area contributed by atoms with E-state index in [1.165, 1.54) is 250 Å². The van der Waals surface area contributed by atoms with Gasteiger partial charge in [-0.05, 0) is 126 Å². The number of carbonyl (C=O) groups is 4. The van der Waals surface area contributed by atoms with Gasteiger partial charge in [0.1, 0.15) is 0 Å². The Kier molecular flexibility index (Phi) is 58.5. The van der Waals surface area contributed by atoms with E-state index in [2.05, 4.69) is 58.1 Å². The fourth-order valence-electron chi connectivity index (χ4n) is 12.4. The van der Waals surface area contributed by atoms with Crippen molar-refractivity contribution in [2.75, 3.05) is 6.61 Å². The fraction of sp³-hybridized carbons (Fsp3) is 0.861. The average Bonchev–Trinajstić information content (AvgIpc) is 3.48. The molecule has 0 spiro atoms. The van der Waals surface area contributed by atoms with Gasteiger partial charge in [0.2, 0.25) is 0 Å². The molecule has 0 aromatic rings. The highest BCUT2D eigenvalue weighted by molar-refractivity contribution is 5.67. The molecule has 5 atom stereocenters. The van der Waals surface area contributed by atoms with E-state index in [0.717, 1.165) is 76.0 Å². The number of aliphatic carboxylic acids is 3. The molecule has 0 saturated carbocycles. The van der Waals surface area contributed by atoms with Crippen molar-refractivity contribution in [3.8, 4) is 0 Å². The van der Waals surface area contributed by atoms with Gasteiger partial charge < -0.3 is 20.1 Å². The third-order valence-corrected chi connectivity index (χ3v) is 17.4. The summed E-state index contributed by atoms with van der Waals surface area (Å²) in [6.45, 7) is 10.3. The second kappa shape index (κ2) is 60.7. The van der Waals surface area contributed by atoms with Crippen LogP contribution in [-0.4, -0.2) is 46.3 Å². The summed E-state index contributed by atoms with van der Waals surface area (Å²) in [4.78, 5) is 42.5. The van der Waals surface area contributed by atoms with Crippen molar-refractivity contribution in [3.63, 3.8) is 0 Å². The van der Waals surface area contributed by atoms with Crippen molar-refractivity contribution in [2.45, 2.75) is 362 Å². The normalized spacial score (nSPS) is 16.7. The first kappa shape index (κ1) is 77.1. The van der Waals surface area contributed by atoms with Gasteiger partial charge in [0.05, 0.1) is 6.61 Å². The summed E-state index contributed by atoms with van der Waals surface area (Å²) in [5, 5.41) is 26.5. The average molecular weight is 1130 g/mol. The van der Waals surface area contributed by atoms with Crippen molar-refractivity contribution in [1.82, 2.24) is 0 Å². The molecule has 8 heteroatoms. The molecule has 0 fully saturated rings. The number of rotatable bonds is 60. The minimum absolute atomic E-state index is 0.309. The minimum atomic E-state index is -0.671. The van der Waals surface area contributed by atoms with Gasteiger partial charge in [-0.2, -0.15) is 0 Å². The number of hydrogen-bond donors (Lipinski definition) is 3. The largest absolute Gasteiger partial charge is 0.481 e. The quantitative estimate of drug-likeness (QED) is 0.0311. The summed E-state index contributed by atoms with van der Waals surface area (Å²) in [6.07, 6.45) is 74.9. The molecule has 3 N–H and O–H groups in total. The molecule has 0 amide bonds. The lowest BCUT2D eigenvalue weighted by Crippen LogP contribution is -2.30. The van der Waals surface area contributed by atoms with E-state index in [0.29, 0.717) is 50.1 Å². The zero-order valence-electron chi connectivity index (χ0n) is 53.2. The molecule has 1 rings (SSSR count). The monoisotopic (exact) mass is 1120 g/mol. The van der Waals surface area contributed by atoms with Gasteiger partial charge in [-0.15, -0.1) is 0 Å². The summed E-state index contributed by atoms with van der Waals surface area (Å²) in [6, 6.07) is 0. The second-order valence-electron chi connectivity index (χ2n) is 24.6. The molecule has 5 unspecified atom stereocenters. The molecular formula is C72H132O8. The highest BCUT2D eigenvalue weighted by atomic mass is 16.5. The molecule has 1 aliphatic rings. The van der Waals surface area contributed by atoms with Crippen LogP contribution in [0.15, 0.2) is 36.0 Å². The van der Waals surface area contributed by atoms with Crippen LogP contribution >= 0.6 is 0 Å². The first-order valence-electron chi connectivity index (χ1n) is 34.9. The van der Waals surface area contributed by atoms with Crippen LogP contribution < -0.4 is 0 Å². The van der Waals surface area contributed by atoms with E-state index in [4.69, 9.17) is 20.1 Å². The zero-order valence-corrected chi connectivity index (χ0v) is 53.2. The van der Waals surface area contributed by atoms with Crippen LogP contribution in [-0.2, 0) is 23.9 Å². The Hall–Kier alpha value is -2.90. The van der Waals surface area contributed by atoms with Gasteiger partial charge in [-0.1, -0.05) is 282 Å². The standard InChI is InChI=1S/C36H64O4.C36H68O4/c1-3-5-7-12-19-25-33-31(23-17-6-4-2)29-30-32(24-18-13-8-10-15-21-27-35(37)38)34(33)26-20-14-9-11-16-22-28-36(39)40;1-3-5-7-9-15-21-27-34(29-23-17-11-12-19-25-31-36(38)39)35(28-22-16-10-8-6-4-2)30-24-18-13-14-20-26-32-40-33-37/h19,25,29-34H,3-18,20-24,26-28H2,1-2H3,(H,37,38)(H,39,40);27,33,35H,3-26,28-32H2,1-2H3,(H,38,39)/b25-19+;34-27-. The first-order valence-corrected chi connectivity index (χ1v) is 34.9. The highest BCUT2D eigenvalue weighted by Gasteiger charge is 2.33. The van der Waals surface area contributed by atoms with E-state index < -0.39 is 17.9 Å². The summed E-state index contributed by atoms with van der Waals surface area (Å²) >= 11 is 0. The first-order chi connectivity index (χ1) is 39.1. The van der Waals surface area contributed by atoms with Gasteiger partial charge in [-0.3, -0.25) is 19.2 Å². The number of unbranched alkanes of at least 4 members (excludes halogenated alkanes) is 35. The van der Waals surface area contributed by atoms with E-state index >= 15 is 0 Å². The van der Waals surface area contributed by atoms with Crippen LogP contribution in [0.4, 0.5) is 0 Å². The van der Waals surface area contributed by atoms with Crippen LogP contribution in [0.3, 0.4) is 0 Å². The van der Waals surface area contributed by atoms with Gasteiger partial charge in [-0.25, -0.2) is 0 Å². The Bertz CT molecular complexity index is 1470. The third kappa shape index (κ3) is 50.8. The van der Waals surface area contributed by atoms with E-state index in [1.807, 2.05) is 0 Å². The molecular weight excluding hydrogens is 993 g/mol. The number of carboxylic acid groups (broad SMARTS) is 3. The molecule has 0 aromatic heterocycles. The highest BCUT2D eigenvalue weighted by Crippen LogP contribution is 2.43. The van der Waals surface area contributed by atoms with Crippen molar-refractivity contribution in [1.29, 1.82) is 0 Å². The van der Waals surface area contributed by atoms with Crippen LogP contribution in [0.5, 0.6) is 0 Å². The fourth-order valence-corrected chi connectivity index (χ4v) is 12.4. The van der Waals surface area contributed by atoms with Gasteiger partial charge in [0, 0.05) is 19.3 Å². The lowest BCUT2D eigenvalue weighted by Gasteiger charge is -2.39. The summed E-state index contributed by atoms with van der Waals surface area (Å²) < 4.78 is 4.81. The van der Waals surface area contributed by atoms with E-state index in [1.54, 1.807) is 5.57 Å². The number of carbonyl (C=O) groups excluding carboxylic acids is 1. The topological polar surface area (TPSA) is 138 Å². The Balaban J connectivity index is 0.00000156. The zero-order chi connectivity index (χ0) is 58.6. The van der Waals surface area contributed by atoms with Gasteiger partial charge in [0.15, 0.2) is 0 Å². The van der Waals surface area contributed by atoms with Crippen molar-refractivity contribution < 1.29 is 39.2 Å². The maximum absolute atomic E-state index is 10.8. The van der Waals surface area contributed by atoms with Crippen molar-refractivity contribution in [3.05, 3.63) is 36.0 Å². The molecule has 0 radical (unpaired) electrons. The molecule has 8 nitrogen and oxygen atoms in total. The maximum Gasteiger partial charge on any atom is 0.303 e. The maximum atomic E-state index is 10.8. The summed E-state index contributed by atoms with van der Waals surface area (Å²) in [7, 11) is 0. The SMILES string of the molecule is CCCCC/C=C/C1C(CCCCC)C=CC(CCCCCCCCC(=O)O)C1CCCCCCCCC(=O)O.CCCCCCC/C=C(/CCCCCCCCC(=O)O)C(CCCCCCCC)CCCCCCCCOC=O. The second-order valence-corrected chi connectivity index (χ2v) is 24.6. The predicted octanol–water partition coefficient (Wildman–Crippen LogP) is 22.9. The summed E-state index contributed by atoms with van der Waals surface area (Å²) in [5.41, 5.74) is 1.76. The summed E-state index contributed by atoms with van der Waals surface area (Å²) in [5.74, 6) is 1.52. The Morgan fingerprint density at radius 2 is 0.775 bits per heavy atom.